The zero-order valence-corrected chi connectivity index (χ0v) is 10.9. The van der Waals surface area contributed by atoms with Crippen molar-refractivity contribution in [3.63, 3.8) is 0 Å². The van der Waals surface area contributed by atoms with Gasteiger partial charge in [0.2, 0.25) is 5.91 Å². The summed E-state index contributed by atoms with van der Waals surface area (Å²) in [7, 11) is 0. The topological polar surface area (TPSA) is 41.5 Å². The van der Waals surface area contributed by atoms with Crippen LogP contribution in [0.5, 0.6) is 0 Å². The van der Waals surface area contributed by atoms with E-state index in [0.717, 1.165) is 21.8 Å². The molecule has 18 heavy (non-hydrogen) atoms. The number of amides is 1. The number of rotatable bonds is 1. The van der Waals surface area contributed by atoms with Crippen LogP contribution in [0, 0.1) is 0 Å². The normalized spacial score (nSPS) is 14.5. The molecule has 0 saturated carbocycles. The molecule has 1 N–H and O–H groups in total. The van der Waals surface area contributed by atoms with Gasteiger partial charge in [-0.15, -0.1) is 11.3 Å². The van der Waals surface area contributed by atoms with Gasteiger partial charge in [0.1, 0.15) is 11.5 Å². The summed E-state index contributed by atoms with van der Waals surface area (Å²) in [5.41, 5.74) is 2.77. The van der Waals surface area contributed by atoms with Gasteiger partial charge in [-0.25, -0.2) is 0 Å². The lowest BCUT2D eigenvalue weighted by Crippen LogP contribution is -2.12. The summed E-state index contributed by atoms with van der Waals surface area (Å²) in [4.78, 5) is 15.9. The van der Waals surface area contributed by atoms with E-state index in [1.165, 1.54) is 11.3 Å². The van der Waals surface area contributed by atoms with E-state index in [9.17, 15) is 4.79 Å². The molecule has 0 fully saturated rings. The van der Waals surface area contributed by atoms with Gasteiger partial charge >= 0.3 is 0 Å². The summed E-state index contributed by atoms with van der Waals surface area (Å²) in [6.45, 7) is 0.152. The molecule has 0 aliphatic carbocycles. The molecule has 3 nitrogen and oxygen atoms in total. The first-order valence-electron chi connectivity index (χ1n) is 5.42. The Kier molecular flexibility index (Phi) is 2.89. The lowest BCUT2D eigenvalue weighted by atomic mass is 10.0. The number of carbonyl (C=O) groups excluding carboxylic acids is 1. The first-order chi connectivity index (χ1) is 8.74. The molecule has 0 spiro atoms. The van der Waals surface area contributed by atoms with Crippen LogP contribution in [-0.4, -0.2) is 18.2 Å². The smallest absolute Gasteiger partial charge is 0.246 e. The predicted octanol–water partition coefficient (Wildman–Crippen LogP) is 3.19. The van der Waals surface area contributed by atoms with Crippen molar-refractivity contribution in [2.75, 3.05) is 11.9 Å². The lowest BCUT2D eigenvalue weighted by molar-refractivity contribution is -0.114. The molecular weight excluding hydrogens is 268 g/mol. The fraction of sp³-hybridized carbons (Fsp3) is 0.0769. The zero-order valence-electron chi connectivity index (χ0n) is 9.31. The third-order valence-electron chi connectivity index (χ3n) is 2.67. The second kappa shape index (κ2) is 4.55. The molecule has 0 saturated heterocycles. The number of anilines is 1. The maximum Gasteiger partial charge on any atom is 0.246 e. The van der Waals surface area contributed by atoms with Crippen molar-refractivity contribution in [1.82, 2.24) is 0 Å². The van der Waals surface area contributed by atoms with Crippen LogP contribution in [0.4, 0.5) is 5.00 Å². The molecular formula is C13H9ClN2OS. The molecule has 1 aromatic carbocycles. The number of hydrogen-bond acceptors (Lipinski definition) is 3. The first-order valence-corrected chi connectivity index (χ1v) is 6.68. The van der Waals surface area contributed by atoms with Crippen LogP contribution in [0.15, 0.2) is 40.7 Å². The minimum atomic E-state index is -0.0809. The molecule has 0 radical (unpaired) electrons. The number of fused-ring (bicyclic) bond motifs is 1. The highest BCUT2D eigenvalue weighted by Gasteiger charge is 2.18. The van der Waals surface area contributed by atoms with Crippen LogP contribution in [-0.2, 0) is 4.79 Å². The molecule has 1 aromatic heterocycles. The summed E-state index contributed by atoms with van der Waals surface area (Å²) in [5, 5.41) is 6.34. The maximum absolute atomic E-state index is 11.5. The summed E-state index contributed by atoms with van der Waals surface area (Å²) in [5.74, 6) is -0.0809. The van der Waals surface area contributed by atoms with Gasteiger partial charge in [0.25, 0.3) is 0 Å². The van der Waals surface area contributed by atoms with Crippen molar-refractivity contribution in [2.24, 2.45) is 4.99 Å². The van der Waals surface area contributed by atoms with E-state index in [0.29, 0.717) is 5.02 Å². The second-order valence-electron chi connectivity index (χ2n) is 3.88. The lowest BCUT2D eigenvalue weighted by Gasteiger charge is -2.05. The van der Waals surface area contributed by atoms with E-state index in [2.05, 4.69) is 10.3 Å². The fourth-order valence-electron chi connectivity index (χ4n) is 1.85. The molecule has 1 aliphatic heterocycles. The molecule has 0 unspecified atom stereocenters. The Balaban J connectivity index is 2.11. The quantitative estimate of drug-likeness (QED) is 0.854. The molecule has 5 heteroatoms. The molecule has 90 valence electrons. The zero-order chi connectivity index (χ0) is 12.5. The van der Waals surface area contributed by atoms with Crippen LogP contribution >= 0.6 is 22.9 Å². The summed E-state index contributed by atoms with van der Waals surface area (Å²) in [6, 6.07) is 9.45. The highest BCUT2D eigenvalue weighted by Crippen LogP contribution is 2.28. The Bertz CT molecular complexity index is 631. The number of benzene rings is 1. The number of aliphatic imine (C=N–C) groups is 1. The SMILES string of the molecule is O=C1CN=C(c2ccc(Cl)cc2)c2ccsc2N1. The highest BCUT2D eigenvalue weighted by atomic mass is 35.5. The number of nitrogens with one attached hydrogen (secondary N) is 1. The number of halogens is 1. The van der Waals surface area contributed by atoms with Gasteiger partial charge in [-0.3, -0.25) is 9.79 Å². The van der Waals surface area contributed by atoms with E-state index in [1.54, 1.807) is 0 Å². The van der Waals surface area contributed by atoms with Crippen molar-refractivity contribution < 1.29 is 4.79 Å². The Hall–Kier alpha value is -1.65. The monoisotopic (exact) mass is 276 g/mol. The minimum Gasteiger partial charge on any atom is -0.316 e. The van der Waals surface area contributed by atoms with Gasteiger partial charge in [0.15, 0.2) is 0 Å². The molecule has 0 atom stereocenters. The number of thiophene rings is 1. The van der Waals surface area contributed by atoms with E-state index in [-0.39, 0.29) is 12.5 Å². The minimum absolute atomic E-state index is 0.0809. The van der Waals surface area contributed by atoms with Gasteiger partial charge < -0.3 is 5.32 Å². The van der Waals surface area contributed by atoms with Crippen molar-refractivity contribution in [3.05, 3.63) is 51.9 Å². The average Bonchev–Trinajstić information content (AvgIpc) is 2.74. The van der Waals surface area contributed by atoms with Crippen LogP contribution in [0.1, 0.15) is 11.1 Å². The molecule has 2 aromatic rings. The van der Waals surface area contributed by atoms with E-state index in [4.69, 9.17) is 11.6 Å². The van der Waals surface area contributed by atoms with Crippen LogP contribution in [0.25, 0.3) is 0 Å². The predicted molar refractivity (Wildman–Crippen MR) is 74.9 cm³/mol. The van der Waals surface area contributed by atoms with E-state index < -0.39 is 0 Å². The van der Waals surface area contributed by atoms with Crippen molar-refractivity contribution in [1.29, 1.82) is 0 Å². The van der Waals surface area contributed by atoms with E-state index >= 15 is 0 Å². The van der Waals surface area contributed by atoms with Crippen molar-refractivity contribution >= 4 is 39.6 Å². The summed E-state index contributed by atoms with van der Waals surface area (Å²) < 4.78 is 0. The Morgan fingerprint density at radius 1 is 1.22 bits per heavy atom. The molecule has 0 bridgehead atoms. The number of hydrogen-bond donors (Lipinski definition) is 1. The Morgan fingerprint density at radius 3 is 2.78 bits per heavy atom. The Morgan fingerprint density at radius 2 is 2.00 bits per heavy atom. The standard InChI is InChI=1S/C13H9ClN2OS/c14-9-3-1-8(2-4-9)12-10-5-6-18-13(10)16-11(17)7-15-12/h1-6H,7H2,(H,16,17). The number of nitrogens with zero attached hydrogens (tertiary/aromatic N) is 1. The first kappa shape index (κ1) is 11.4. The van der Waals surface area contributed by atoms with Crippen LogP contribution in [0.3, 0.4) is 0 Å². The highest BCUT2D eigenvalue weighted by molar-refractivity contribution is 7.14. The molecule has 1 amide bonds. The average molecular weight is 277 g/mol. The molecule has 3 rings (SSSR count). The third kappa shape index (κ3) is 2.05. The largest absolute Gasteiger partial charge is 0.316 e. The van der Waals surface area contributed by atoms with Crippen LogP contribution < -0.4 is 5.32 Å². The fourth-order valence-corrected chi connectivity index (χ4v) is 2.78. The summed E-state index contributed by atoms with van der Waals surface area (Å²) >= 11 is 7.39. The van der Waals surface area contributed by atoms with Gasteiger partial charge in [-0.1, -0.05) is 23.7 Å². The van der Waals surface area contributed by atoms with Crippen LogP contribution in [0.2, 0.25) is 5.02 Å². The van der Waals surface area contributed by atoms with Gasteiger partial charge in [-0.05, 0) is 23.6 Å². The van der Waals surface area contributed by atoms with Gasteiger partial charge in [-0.2, -0.15) is 0 Å². The summed E-state index contributed by atoms with van der Waals surface area (Å²) in [6.07, 6.45) is 0. The van der Waals surface area contributed by atoms with Gasteiger partial charge in [0.05, 0.1) is 5.71 Å². The van der Waals surface area contributed by atoms with Crippen molar-refractivity contribution in [3.8, 4) is 0 Å². The molecule has 1 aliphatic rings. The van der Waals surface area contributed by atoms with Gasteiger partial charge in [0, 0.05) is 16.1 Å². The Labute approximate surface area is 113 Å². The number of carbonyl (C=O) groups is 1. The molecule has 2 heterocycles. The maximum atomic E-state index is 11.5. The van der Waals surface area contributed by atoms with Crippen molar-refractivity contribution in [2.45, 2.75) is 0 Å². The second-order valence-corrected chi connectivity index (χ2v) is 5.24. The van der Waals surface area contributed by atoms with E-state index in [1.807, 2.05) is 35.7 Å². The third-order valence-corrected chi connectivity index (χ3v) is 3.75.